The molecule has 2 N–H and O–H groups in total. The molecule has 1 aromatic heterocycles. The minimum Gasteiger partial charge on any atom is -0.363 e. The predicted octanol–water partition coefficient (Wildman–Crippen LogP) is 2.01. The summed E-state index contributed by atoms with van der Waals surface area (Å²) in [4.78, 5) is 25.5. The topological polar surface area (TPSA) is 87.5 Å². The number of carbonyl (C=O) groups excluding carboxylic acids is 2. The molecule has 2 rings (SSSR count). The third-order valence-corrected chi connectivity index (χ3v) is 2.96. The number of anilines is 1. The second-order valence-corrected chi connectivity index (χ2v) is 4.75. The zero-order valence-electron chi connectivity index (χ0n) is 12.6. The van der Waals surface area contributed by atoms with E-state index in [0.717, 1.165) is 5.56 Å². The number of nitrogens with one attached hydrogen (secondary N) is 2. The first kappa shape index (κ1) is 16.3. The second kappa shape index (κ2) is 8.38. The van der Waals surface area contributed by atoms with Gasteiger partial charge in [0.15, 0.2) is 5.82 Å². The zero-order chi connectivity index (χ0) is 16.5. The number of hydrogen-bond donors (Lipinski definition) is 2. The fourth-order valence-electron chi connectivity index (χ4n) is 1.89. The first-order chi connectivity index (χ1) is 11.2. The molecule has 120 valence electrons. The lowest BCUT2D eigenvalue weighted by atomic mass is 10.2. The van der Waals surface area contributed by atoms with Crippen LogP contribution < -0.4 is 10.6 Å². The molecule has 1 heterocycles. The Hall–Kier alpha value is -3.09. The van der Waals surface area contributed by atoms with Crippen LogP contribution in [0.1, 0.15) is 5.56 Å². The number of urea groups is 1. The first-order valence-electron chi connectivity index (χ1n) is 7.07. The van der Waals surface area contributed by atoms with E-state index in [1.807, 2.05) is 30.3 Å². The van der Waals surface area contributed by atoms with Crippen molar-refractivity contribution in [1.29, 1.82) is 0 Å². The van der Waals surface area contributed by atoms with Gasteiger partial charge in [-0.2, -0.15) is 0 Å². The third kappa shape index (κ3) is 5.31. The molecule has 0 saturated heterocycles. The lowest BCUT2D eigenvalue weighted by Crippen LogP contribution is -2.43. The fraction of sp³-hybridized carbons (Fsp3) is 0.188. The molecule has 0 aliphatic rings. The number of rotatable bonds is 7. The van der Waals surface area contributed by atoms with Crippen LogP contribution in [0.15, 0.2) is 59.8 Å². The van der Waals surface area contributed by atoms with Crippen molar-refractivity contribution in [3.8, 4) is 0 Å². The van der Waals surface area contributed by atoms with E-state index in [4.69, 9.17) is 0 Å². The van der Waals surface area contributed by atoms with Gasteiger partial charge in [0.1, 0.15) is 12.8 Å². The van der Waals surface area contributed by atoms with Gasteiger partial charge in [-0.1, -0.05) is 41.6 Å². The van der Waals surface area contributed by atoms with E-state index in [9.17, 15) is 9.59 Å². The number of hydrogen-bond acceptors (Lipinski definition) is 4. The van der Waals surface area contributed by atoms with Gasteiger partial charge in [-0.15, -0.1) is 6.58 Å². The zero-order valence-corrected chi connectivity index (χ0v) is 12.6. The Morgan fingerprint density at radius 1 is 1.26 bits per heavy atom. The molecule has 1 aromatic carbocycles. The average molecular weight is 314 g/mol. The van der Waals surface area contributed by atoms with E-state index in [2.05, 4.69) is 26.9 Å². The fourth-order valence-corrected chi connectivity index (χ4v) is 1.89. The van der Waals surface area contributed by atoms with Gasteiger partial charge in [-0.05, 0) is 5.56 Å². The first-order valence-corrected chi connectivity index (χ1v) is 7.07. The van der Waals surface area contributed by atoms with E-state index >= 15 is 0 Å². The monoisotopic (exact) mass is 314 g/mol. The highest BCUT2D eigenvalue weighted by molar-refractivity contribution is 5.93. The Balaban J connectivity index is 1.87. The van der Waals surface area contributed by atoms with Crippen LogP contribution in [-0.2, 0) is 11.3 Å². The van der Waals surface area contributed by atoms with Crippen LogP contribution in [0.5, 0.6) is 0 Å². The van der Waals surface area contributed by atoms with Crippen LogP contribution >= 0.6 is 0 Å². The van der Waals surface area contributed by atoms with Crippen LogP contribution in [-0.4, -0.2) is 35.1 Å². The maximum absolute atomic E-state index is 12.2. The van der Waals surface area contributed by atoms with Gasteiger partial charge in [-0.3, -0.25) is 4.79 Å². The van der Waals surface area contributed by atoms with Crippen molar-refractivity contribution in [3.05, 3.63) is 60.9 Å². The average Bonchev–Trinajstić information content (AvgIpc) is 3.06. The highest BCUT2D eigenvalue weighted by atomic mass is 16.5. The Labute approximate surface area is 134 Å². The molecule has 3 amide bonds. The summed E-state index contributed by atoms with van der Waals surface area (Å²) < 4.78 is 4.63. The van der Waals surface area contributed by atoms with Crippen LogP contribution in [0.4, 0.5) is 10.6 Å². The maximum Gasteiger partial charge on any atom is 0.318 e. The molecule has 23 heavy (non-hydrogen) atoms. The van der Waals surface area contributed by atoms with Gasteiger partial charge in [-0.25, -0.2) is 4.79 Å². The van der Waals surface area contributed by atoms with Crippen LogP contribution in [0.2, 0.25) is 0 Å². The quantitative estimate of drug-likeness (QED) is 0.765. The van der Waals surface area contributed by atoms with E-state index in [0.29, 0.717) is 12.4 Å². The van der Waals surface area contributed by atoms with Gasteiger partial charge in [0.25, 0.3) is 0 Å². The molecule has 7 heteroatoms. The summed E-state index contributed by atoms with van der Waals surface area (Å²) in [5, 5.41) is 8.90. The van der Waals surface area contributed by atoms with Crippen molar-refractivity contribution in [2.24, 2.45) is 0 Å². The highest BCUT2D eigenvalue weighted by Crippen LogP contribution is 2.02. The van der Waals surface area contributed by atoms with Crippen molar-refractivity contribution in [1.82, 2.24) is 15.4 Å². The van der Waals surface area contributed by atoms with E-state index < -0.39 is 0 Å². The Morgan fingerprint density at radius 3 is 2.70 bits per heavy atom. The number of aromatic nitrogens is 1. The summed E-state index contributed by atoms with van der Waals surface area (Å²) in [5.74, 6) is -0.0612. The molecule has 2 aromatic rings. The van der Waals surface area contributed by atoms with Crippen molar-refractivity contribution >= 4 is 17.8 Å². The minimum absolute atomic E-state index is 0.112. The van der Waals surface area contributed by atoms with Crippen LogP contribution in [0, 0.1) is 0 Å². The highest BCUT2D eigenvalue weighted by Gasteiger charge is 2.16. The van der Waals surface area contributed by atoms with Gasteiger partial charge in [0.05, 0.1) is 0 Å². The number of benzene rings is 1. The Bertz CT molecular complexity index is 641. The standard InChI is InChI=1S/C16H18N4O3/c1-2-9-20(12-15(21)18-14-8-10-23-19-14)16(22)17-11-13-6-4-3-5-7-13/h2-8,10H,1,9,11-12H2,(H,17,22)(H,18,19,21). The van der Waals surface area contributed by atoms with Crippen molar-refractivity contribution in [3.63, 3.8) is 0 Å². The lowest BCUT2D eigenvalue weighted by molar-refractivity contribution is -0.116. The Morgan fingerprint density at radius 2 is 2.04 bits per heavy atom. The summed E-state index contributed by atoms with van der Waals surface area (Å²) >= 11 is 0. The number of amides is 3. The molecule has 0 spiro atoms. The predicted molar refractivity (Wildman–Crippen MR) is 85.6 cm³/mol. The molecule has 0 aliphatic carbocycles. The molecule has 0 fully saturated rings. The summed E-state index contributed by atoms with van der Waals surface area (Å²) in [7, 11) is 0. The van der Waals surface area contributed by atoms with E-state index in [-0.39, 0.29) is 25.0 Å². The lowest BCUT2D eigenvalue weighted by Gasteiger charge is -2.20. The summed E-state index contributed by atoms with van der Waals surface area (Å²) in [6.07, 6.45) is 2.91. The van der Waals surface area contributed by atoms with Crippen LogP contribution in [0.3, 0.4) is 0 Å². The number of nitrogens with zero attached hydrogens (tertiary/aromatic N) is 2. The Kier molecular flexibility index (Phi) is 5.93. The normalized spacial score (nSPS) is 9.91. The molecule has 0 radical (unpaired) electrons. The molecule has 7 nitrogen and oxygen atoms in total. The molecular weight excluding hydrogens is 296 g/mol. The second-order valence-electron chi connectivity index (χ2n) is 4.75. The molecular formula is C16H18N4O3. The van der Waals surface area contributed by atoms with Gasteiger partial charge in [0.2, 0.25) is 5.91 Å². The van der Waals surface area contributed by atoms with Crippen LogP contribution in [0.25, 0.3) is 0 Å². The summed E-state index contributed by atoms with van der Waals surface area (Å²) in [5.41, 5.74) is 0.978. The van der Waals surface area contributed by atoms with Crippen molar-refractivity contribution < 1.29 is 14.1 Å². The van der Waals surface area contributed by atoms with Crippen molar-refractivity contribution in [2.45, 2.75) is 6.54 Å². The molecule has 0 bridgehead atoms. The van der Waals surface area contributed by atoms with E-state index in [1.54, 1.807) is 6.08 Å². The molecule has 0 atom stereocenters. The largest absolute Gasteiger partial charge is 0.363 e. The van der Waals surface area contributed by atoms with Crippen molar-refractivity contribution in [2.75, 3.05) is 18.4 Å². The SMILES string of the molecule is C=CCN(CC(=O)Nc1ccon1)C(=O)NCc1ccccc1. The van der Waals surface area contributed by atoms with Gasteiger partial charge >= 0.3 is 6.03 Å². The van der Waals surface area contributed by atoms with E-state index in [1.165, 1.54) is 17.2 Å². The number of carbonyl (C=O) groups is 2. The summed E-state index contributed by atoms with van der Waals surface area (Å²) in [6, 6.07) is 10.7. The summed E-state index contributed by atoms with van der Waals surface area (Å²) in [6.45, 7) is 4.14. The maximum atomic E-state index is 12.2. The molecule has 0 aliphatic heterocycles. The smallest absolute Gasteiger partial charge is 0.318 e. The third-order valence-electron chi connectivity index (χ3n) is 2.96. The minimum atomic E-state index is -0.365. The van der Waals surface area contributed by atoms with Gasteiger partial charge in [0, 0.05) is 19.2 Å². The molecule has 0 unspecified atom stereocenters. The van der Waals surface area contributed by atoms with Gasteiger partial charge < -0.3 is 20.1 Å². The molecule has 0 saturated carbocycles.